The number of fused-ring (bicyclic) bond motifs is 1. The van der Waals surface area contributed by atoms with Gasteiger partial charge in [0.2, 0.25) is 5.88 Å². The van der Waals surface area contributed by atoms with Crippen LogP contribution in [0.3, 0.4) is 0 Å². The number of ether oxygens (including phenoxy) is 1. The first-order valence-corrected chi connectivity index (χ1v) is 4.96. The van der Waals surface area contributed by atoms with Gasteiger partial charge in [0.15, 0.2) is 0 Å². The third-order valence-electron chi connectivity index (χ3n) is 2.38. The molecule has 15 heavy (non-hydrogen) atoms. The van der Waals surface area contributed by atoms with E-state index in [4.69, 9.17) is 10.5 Å². The summed E-state index contributed by atoms with van der Waals surface area (Å²) < 4.78 is 5.10. The number of nitrogens with zero attached hydrogens (tertiary/aromatic N) is 1. The zero-order chi connectivity index (χ0) is 10.8. The first-order chi connectivity index (χ1) is 7.20. The lowest BCUT2D eigenvalue weighted by Gasteiger charge is -2.03. The standard InChI is InChI=1S/C11H15N3O/c1-7(12)3-8-5-13-10-6-14-11(15-2)4-9(8)10/h4-7,13H,3,12H2,1-2H3. The van der Waals surface area contributed by atoms with Crippen LogP contribution in [0.15, 0.2) is 18.5 Å². The van der Waals surface area contributed by atoms with Gasteiger partial charge in [0.05, 0.1) is 18.8 Å². The van der Waals surface area contributed by atoms with Crippen LogP contribution in [0.1, 0.15) is 12.5 Å². The normalized spacial score (nSPS) is 13.0. The zero-order valence-corrected chi connectivity index (χ0v) is 8.95. The van der Waals surface area contributed by atoms with E-state index in [1.54, 1.807) is 13.3 Å². The Hall–Kier alpha value is -1.55. The summed E-state index contributed by atoms with van der Waals surface area (Å²) in [6.07, 6.45) is 4.61. The number of rotatable bonds is 3. The van der Waals surface area contributed by atoms with Crippen LogP contribution in [0.4, 0.5) is 0 Å². The summed E-state index contributed by atoms with van der Waals surface area (Å²) >= 11 is 0. The van der Waals surface area contributed by atoms with E-state index in [0.717, 1.165) is 17.3 Å². The maximum absolute atomic E-state index is 5.78. The highest BCUT2D eigenvalue weighted by Gasteiger charge is 2.07. The molecule has 3 N–H and O–H groups in total. The Balaban J connectivity index is 2.46. The van der Waals surface area contributed by atoms with Crippen LogP contribution in [-0.2, 0) is 6.42 Å². The van der Waals surface area contributed by atoms with E-state index in [1.807, 2.05) is 19.2 Å². The third kappa shape index (κ3) is 1.94. The van der Waals surface area contributed by atoms with Gasteiger partial charge in [-0.3, -0.25) is 0 Å². The molecule has 0 bridgehead atoms. The van der Waals surface area contributed by atoms with Crippen LogP contribution in [0, 0.1) is 0 Å². The lowest BCUT2D eigenvalue weighted by Crippen LogP contribution is -2.17. The van der Waals surface area contributed by atoms with E-state index < -0.39 is 0 Å². The molecule has 0 saturated carbocycles. The van der Waals surface area contributed by atoms with Gasteiger partial charge in [0.1, 0.15) is 0 Å². The average molecular weight is 205 g/mol. The molecule has 4 heteroatoms. The Morgan fingerprint density at radius 2 is 2.40 bits per heavy atom. The SMILES string of the molecule is COc1cc2c(CC(C)N)c[nH]c2cn1. The van der Waals surface area contributed by atoms with Gasteiger partial charge < -0.3 is 15.5 Å². The molecule has 0 radical (unpaired) electrons. The molecular weight excluding hydrogens is 190 g/mol. The van der Waals surface area contributed by atoms with Gasteiger partial charge >= 0.3 is 0 Å². The van der Waals surface area contributed by atoms with E-state index in [1.165, 1.54) is 5.56 Å². The molecule has 2 aromatic heterocycles. The molecule has 1 atom stereocenters. The van der Waals surface area contributed by atoms with Crippen molar-refractivity contribution in [3.63, 3.8) is 0 Å². The van der Waals surface area contributed by atoms with Crippen LogP contribution in [0.25, 0.3) is 10.9 Å². The predicted molar refractivity (Wildman–Crippen MR) is 60.0 cm³/mol. The Kier molecular flexibility index (Phi) is 2.60. The number of H-pyrrole nitrogens is 1. The lowest BCUT2D eigenvalue weighted by molar-refractivity contribution is 0.398. The predicted octanol–water partition coefficient (Wildman–Crippen LogP) is 1.46. The van der Waals surface area contributed by atoms with Crippen molar-refractivity contribution in [1.29, 1.82) is 0 Å². The maximum Gasteiger partial charge on any atom is 0.213 e. The van der Waals surface area contributed by atoms with Crippen molar-refractivity contribution >= 4 is 10.9 Å². The Bertz CT molecular complexity index is 462. The van der Waals surface area contributed by atoms with Gasteiger partial charge in [-0.1, -0.05) is 0 Å². The van der Waals surface area contributed by atoms with Crippen molar-refractivity contribution < 1.29 is 4.74 Å². The largest absolute Gasteiger partial charge is 0.481 e. The number of hydrogen-bond donors (Lipinski definition) is 2. The van der Waals surface area contributed by atoms with Crippen molar-refractivity contribution in [1.82, 2.24) is 9.97 Å². The molecule has 4 nitrogen and oxygen atoms in total. The Labute approximate surface area is 88.5 Å². The number of methoxy groups -OCH3 is 1. The third-order valence-corrected chi connectivity index (χ3v) is 2.38. The Morgan fingerprint density at radius 1 is 1.60 bits per heavy atom. The summed E-state index contributed by atoms with van der Waals surface area (Å²) in [5.74, 6) is 0.632. The molecule has 0 aliphatic rings. The number of aromatic nitrogens is 2. The van der Waals surface area contributed by atoms with E-state index in [-0.39, 0.29) is 6.04 Å². The molecule has 2 aromatic rings. The summed E-state index contributed by atoms with van der Waals surface area (Å²) in [5.41, 5.74) is 8.01. The molecule has 1 unspecified atom stereocenters. The molecule has 0 saturated heterocycles. The van der Waals surface area contributed by atoms with Crippen molar-refractivity contribution in [3.8, 4) is 5.88 Å². The number of aromatic amines is 1. The van der Waals surface area contributed by atoms with Gasteiger partial charge in [0, 0.05) is 23.7 Å². The van der Waals surface area contributed by atoms with Gasteiger partial charge in [-0.2, -0.15) is 0 Å². The molecule has 80 valence electrons. The van der Waals surface area contributed by atoms with Gasteiger partial charge in [-0.15, -0.1) is 0 Å². The van der Waals surface area contributed by atoms with Gasteiger partial charge in [0.25, 0.3) is 0 Å². The molecule has 0 aliphatic heterocycles. The summed E-state index contributed by atoms with van der Waals surface area (Å²) in [4.78, 5) is 7.30. The number of nitrogens with one attached hydrogen (secondary N) is 1. The second kappa shape index (κ2) is 3.90. The highest BCUT2D eigenvalue weighted by atomic mass is 16.5. The van der Waals surface area contributed by atoms with E-state index in [2.05, 4.69) is 9.97 Å². The molecule has 0 fully saturated rings. The fraction of sp³-hybridized carbons (Fsp3) is 0.364. The minimum atomic E-state index is 0.156. The summed E-state index contributed by atoms with van der Waals surface area (Å²) in [6.45, 7) is 2.00. The molecule has 0 aliphatic carbocycles. The topological polar surface area (TPSA) is 63.9 Å². The van der Waals surface area contributed by atoms with Crippen LogP contribution in [0.2, 0.25) is 0 Å². The summed E-state index contributed by atoms with van der Waals surface area (Å²) in [7, 11) is 1.62. The molecule has 0 amide bonds. The van der Waals surface area contributed by atoms with Crippen molar-refractivity contribution in [3.05, 3.63) is 24.0 Å². The molecule has 2 heterocycles. The van der Waals surface area contributed by atoms with Gasteiger partial charge in [-0.25, -0.2) is 4.98 Å². The number of hydrogen-bond acceptors (Lipinski definition) is 3. The number of nitrogens with two attached hydrogens (primary N) is 1. The summed E-state index contributed by atoms with van der Waals surface area (Å²) in [5, 5.41) is 1.14. The summed E-state index contributed by atoms with van der Waals surface area (Å²) in [6, 6.07) is 2.09. The second-order valence-corrected chi connectivity index (χ2v) is 3.77. The van der Waals surface area contributed by atoms with Crippen molar-refractivity contribution in [2.75, 3.05) is 7.11 Å². The maximum atomic E-state index is 5.78. The minimum Gasteiger partial charge on any atom is -0.481 e. The van der Waals surface area contributed by atoms with Crippen LogP contribution < -0.4 is 10.5 Å². The van der Waals surface area contributed by atoms with Crippen LogP contribution in [-0.4, -0.2) is 23.1 Å². The zero-order valence-electron chi connectivity index (χ0n) is 8.95. The van der Waals surface area contributed by atoms with Gasteiger partial charge in [-0.05, 0) is 18.9 Å². The average Bonchev–Trinajstić information content (AvgIpc) is 2.60. The van der Waals surface area contributed by atoms with Crippen LogP contribution in [0.5, 0.6) is 5.88 Å². The molecular formula is C11H15N3O. The second-order valence-electron chi connectivity index (χ2n) is 3.77. The van der Waals surface area contributed by atoms with Crippen molar-refractivity contribution in [2.24, 2.45) is 5.73 Å². The lowest BCUT2D eigenvalue weighted by atomic mass is 10.1. The van der Waals surface area contributed by atoms with E-state index >= 15 is 0 Å². The fourth-order valence-corrected chi connectivity index (χ4v) is 1.69. The molecule has 0 aromatic carbocycles. The first-order valence-electron chi connectivity index (χ1n) is 4.96. The number of pyridine rings is 1. The fourth-order valence-electron chi connectivity index (χ4n) is 1.69. The van der Waals surface area contributed by atoms with E-state index in [9.17, 15) is 0 Å². The Morgan fingerprint density at radius 3 is 3.07 bits per heavy atom. The van der Waals surface area contributed by atoms with E-state index in [0.29, 0.717) is 5.88 Å². The van der Waals surface area contributed by atoms with Crippen LogP contribution >= 0.6 is 0 Å². The first kappa shape index (κ1) is 9.98. The highest BCUT2D eigenvalue weighted by Crippen LogP contribution is 2.22. The smallest absolute Gasteiger partial charge is 0.213 e. The quantitative estimate of drug-likeness (QED) is 0.797. The minimum absolute atomic E-state index is 0.156. The highest BCUT2D eigenvalue weighted by molar-refractivity contribution is 5.83. The van der Waals surface area contributed by atoms with Crippen molar-refractivity contribution in [2.45, 2.75) is 19.4 Å². The molecule has 0 spiro atoms. The monoisotopic (exact) mass is 205 g/mol. The molecule has 2 rings (SSSR count).